The Bertz CT molecular complexity index is 635. The van der Waals surface area contributed by atoms with E-state index in [4.69, 9.17) is 4.74 Å². The molecule has 0 spiro atoms. The highest BCUT2D eigenvalue weighted by atomic mass is 16.5. The molecule has 3 unspecified atom stereocenters. The van der Waals surface area contributed by atoms with E-state index in [1.54, 1.807) is 5.56 Å². The Morgan fingerprint density at radius 1 is 1.07 bits per heavy atom. The average molecular weight is 370 g/mol. The quantitative estimate of drug-likeness (QED) is 0.814. The zero-order valence-electron chi connectivity index (χ0n) is 16.8. The lowest BCUT2D eigenvalue weighted by Gasteiger charge is -2.33. The molecule has 6 rings (SSSR count). The lowest BCUT2D eigenvalue weighted by molar-refractivity contribution is 0.0563. The van der Waals surface area contributed by atoms with Crippen LogP contribution >= 0.6 is 0 Å². The normalized spacial score (nSPS) is 37.0. The van der Waals surface area contributed by atoms with Crippen molar-refractivity contribution in [3.63, 3.8) is 0 Å². The standard InChI is InChI=1S/C24H35NO2/c1-17-6-8-25(9-7-17)15-22(26)16-27-23-4-2-20(3-5-23)24-13-18-10-19(14-24)12-21(24)11-18/h2-5,17-19,21-22,26H,6-16H2,1H3. The Kier molecular flexibility index (Phi) is 4.72. The van der Waals surface area contributed by atoms with E-state index in [-0.39, 0.29) is 0 Å². The average Bonchev–Trinajstić information content (AvgIpc) is 3.07. The molecule has 0 aromatic heterocycles. The first-order valence-corrected chi connectivity index (χ1v) is 11.2. The van der Waals surface area contributed by atoms with Crippen LogP contribution in [0, 0.1) is 23.7 Å². The van der Waals surface area contributed by atoms with Gasteiger partial charge in [-0.05, 0) is 105 Å². The number of benzene rings is 1. The molecule has 1 aliphatic heterocycles. The van der Waals surface area contributed by atoms with Crippen molar-refractivity contribution < 1.29 is 9.84 Å². The molecule has 1 heterocycles. The van der Waals surface area contributed by atoms with E-state index >= 15 is 0 Å². The van der Waals surface area contributed by atoms with E-state index in [0.29, 0.717) is 12.0 Å². The second kappa shape index (κ2) is 7.08. The van der Waals surface area contributed by atoms with Gasteiger partial charge >= 0.3 is 0 Å². The van der Waals surface area contributed by atoms with Crippen LogP contribution in [0.1, 0.15) is 57.4 Å². The van der Waals surface area contributed by atoms with Gasteiger partial charge in [-0.15, -0.1) is 0 Å². The molecular formula is C24H35NO2. The molecule has 3 atom stereocenters. The first-order valence-electron chi connectivity index (χ1n) is 11.2. The van der Waals surface area contributed by atoms with Crippen LogP contribution in [0.3, 0.4) is 0 Å². The van der Waals surface area contributed by atoms with E-state index in [1.165, 1.54) is 44.9 Å². The zero-order valence-corrected chi connectivity index (χ0v) is 16.8. The van der Waals surface area contributed by atoms with Gasteiger partial charge in [0.2, 0.25) is 0 Å². The molecule has 1 saturated heterocycles. The number of piperidine rings is 1. The van der Waals surface area contributed by atoms with Gasteiger partial charge in [0.1, 0.15) is 18.5 Å². The molecule has 27 heavy (non-hydrogen) atoms. The first kappa shape index (κ1) is 18.0. The maximum absolute atomic E-state index is 10.3. The molecule has 5 fully saturated rings. The van der Waals surface area contributed by atoms with Crippen molar-refractivity contribution in [3.05, 3.63) is 29.8 Å². The maximum Gasteiger partial charge on any atom is 0.119 e. The monoisotopic (exact) mass is 369 g/mol. The minimum absolute atomic E-state index is 0.392. The fourth-order valence-corrected chi connectivity index (χ4v) is 6.94. The van der Waals surface area contributed by atoms with Crippen molar-refractivity contribution in [2.24, 2.45) is 23.7 Å². The van der Waals surface area contributed by atoms with Crippen LogP contribution in [0.25, 0.3) is 0 Å². The van der Waals surface area contributed by atoms with Crippen molar-refractivity contribution in [3.8, 4) is 5.75 Å². The molecule has 0 radical (unpaired) electrons. The van der Waals surface area contributed by atoms with E-state index in [9.17, 15) is 5.11 Å². The molecule has 148 valence electrons. The van der Waals surface area contributed by atoms with E-state index < -0.39 is 6.10 Å². The second-order valence-corrected chi connectivity index (χ2v) is 10.2. The Hall–Kier alpha value is -1.06. The second-order valence-electron chi connectivity index (χ2n) is 10.2. The Morgan fingerprint density at radius 2 is 1.74 bits per heavy atom. The smallest absolute Gasteiger partial charge is 0.119 e. The summed E-state index contributed by atoms with van der Waals surface area (Å²) in [5.74, 6) is 4.65. The molecule has 4 saturated carbocycles. The third-order valence-corrected chi connectivity index (χ3v) is 8.21. The summed E-state index contributed by atoms with van der Waals surface area (Å²) in [5, 5.41) is 10.3. The summed E-state index contributed by atoms with van der Waals surface area (Å²) in [4.78, 5) is 2.38. The van der Waals surface area contributed by atoms with Crippen molar-refractivity contribution in [1.29, 1.82) is 0 Å². The van der Waals surface area contributed by atoms with E-state index in [2.05, 4.69) is 36.1 Å². The molecule has 3 heteroatoms. The Morgan fingerprint density at radius 3 is 2.41 bits per heavy atom. The number of hydrogen-bond acceptors (Lipinski definition) is 3. The molecular weight excluding hydrogens is 334 g/mol. The van der Waals surface area contributed by atoms with E-state index in [0.717, 1.165) is 49.1 Å². The van der Waals surface area contributed by atoms with Crippen LogP contribution < -0.4 is 4.74 Å². The number of ether oxygens (including phenoxy) is 1. The fraction of sp³-hybridized carbons (Fsp3) is 0.750. The van der Waals surface area contributed by atoms with Gasteiger partial charge in [0.05, 0.1) is 0 Å². The molecule has 1 aromatic carbocycles. The maximum atomic E-state index is 10.3. The van der Waals surface area contributed by atoms with Gasteiger partial charge in [-0.1, -0.05) is 19.1 Å². The summed E-state index contributed by atoms with van der Waals surface area (Å²) in [6.45, 7) is 5.67. The highest BCUT2D eigenvalue weighted by Gasteiger charge is 2.58. The lowest BCUT2D eigenvalue weighted by Crippen LogP contribution is -2.40. The molecule has 1 aromatic rings. The highest BCUT2D eigenvalue weighted by Crippen LogP contribution is 2.65. The lowest BCUT2D eigenvalue weighted by atomic mass is 9.71. The van der Waals surface area contributed by atoms with Gasteiger partial charge in [-0.3, -0.25) is 0 Å². The summed E-state index contributed by atoms with van der Waals surface area (Å²) in [6, 6.07) is 8.91. The number of β-amino-alcohol motifs (C(OH)–C–C–N with tert-alkyl or cyclic N) is 1. The van der Waals surface area contributed by atoms with Crippen molar-refractivity contribution in [1.82, 2.24) is 4.90 Å². The SMILES string of the molecule is CC1CCN(CC(O)COc2ccc(C34CC5CC(CC3C5)C4)cc2)CC1. The van der Waals surface area contributed by atoms with Gasteiger partial charge in [0.15, 0.2) is 0 Å². The summed E-state index contributed by atoms with van der Waals surface area (Å²) < 4.78 is 5.91. The van der Waals surface area contributed by atoms with Crippen LogP contribution in [0.2, 0.25) is 0 Å². The topological polar surface area (TPSA) is 32.7 Å². The van der Waals surface area contributed by atoms with Crippen LogP contribution in [-0.4, -0.2) is 42.4 Å². The van der Waals surface area contributed by atoms with Crippen LogP contribution in [0.5, 0.6) is 5.75 Å². The number of nitrogens with zero attached hydrogens (tertiary/aromatic N) is 1. The molecule has 4 bridgehead atoms. The van der Waals surface area contributed by atoms with Crippen molar-refractivity contribution in [2.45, 2.75) is 63.4 Å². The summed E-state index contributed by atoms with van der Waals surface area (Å²) >= 11 is 0. The Labute approximate surface area is 164 Å². The van der Waals surface area contributed by atoms with Gasteiger partial charge in [0, 0.05) is 6.54 Å². The predicted molar refractivity (Wildman–Crippen MR) is 108 cm³/mol. The van der Waals surface area contributed by atoms with Gasteiger partial charge in [0.25, 0.3) is 0 Å². The zero-order chi connectivity index (χ0) is 18.4. The number of likely N-dealkylation sites (tertiary alicyclic amines) is 1. The van der Waals surface area contributed by atoms with E-state index in [1.807, 2.05) is 0 Å². The molecule has 0 amide bonds. The van der Waals surface area contributed by atoms with Gasteiger partial charge in [-0.25, -0.2) is 0 Å². The summed E-state index contributed by atoms with van der Waals surface area (Å²) in [5.41, 5.74) is 2.03. The van der Waals surface area contributed by atoms with Crippen molar-refractivity contribution >= 4 is 0 Å². The molecule has 4 aliphatic carbocycles. The third-order valence-electron chi connectivity index (χ3n) is 8.21. The third kappa shape index (κ3) is 3.42. The number of rotatable bonds is 6. The predicted octanol–water partition coefficient (Wildman–Crippen LogP) is 4.24. The number of aliphatic hydroxyl groups excluding tert-OH is 1. The molecule has 3 nitrogen and oxygen atoms in total. The summed E-state index contributed by atoms with van der Waals surface area (Å²) in [6.07, 6.45) is 9.36. The van der Waals surface area contributed by atoms with Gasteiger partial charge < -0.3 is 14.7 Å². The molecule has 1 N–H and O–H groups in total. The highest BCUT2D eigenvalue weighted by molar-refractivity contribution is 5.36. The van der Waals surface area contributed by atoms with Gasteiger partial charge in [-0.2, -0.15) is 0 Å². The fourth-order valence-electron chi connectivity index (χ4n) is 6.94. The van der Waals surface area contributed by atoms with Crippen LogP contribution in [0.15, 0.2) is 24.3 Å². The van der Waals surface area contributed by atoms with Crippen LogP contribution in [-0.2, 0) is 5.41 Å². The van der Waals surface area contributed by atoms with Crippen LogP contribution in [0.4, 0.5) is 0 Å². The number of aliphatic hydroxyl groups is 1. The largest absolute Gasteiger partial charge is 0.491 e. The minimum atomic E-state index is -0.405. The minimum Gasteiger partial charge on any atom is -0.491 e. The summed E-state index contributed by atoms with van der Waals surface area (Å²) in [7, 11) is 0. The van der Waals surface area contributed by atoms with Crippen molar-refractivity contribution in [2.75, 3.05) is 26.2 Å². The Balaban J connectivity index is 1.15. The number of hydrogen-bond donors (Lipinski definition) is 1. The first-order chi connectivity index (χ1) is 13.1. The molecule has 5 aliphatic rings.